The Labute approximate surface area is 228 Å². The molecule has 0 aliphatic heterocycles. The van der Waals surface area contributed by atoms with Gasteiger partial charge in [-0.15, -0.1) is 0 Å². The summed E-state index contributed by atoms with van der Waals surface area (Å²) in [6.45, 7) is 2.47. The van der Waals surface area contributed by atoms with E-state index in [1.807, 2.05) is 25.1 Å². The first-order valence-electron chi connectivity index (χ1n) is 12.5. The number of amides is 2. The smallest absolute Gasteiger partial charge is 0.261 e. The van der Waals surface area contributed by atoms with Crippen molar-refractivity contribution in [3.05, 3.63) is 114 Å². The van der Waals surface area contributed by atoms with E-state index >= 15 is 0 Å². The van der Waals surface area contributed by atoms with Crippen molar-refractivity contribution in [1.29, 1.82) is 0 Å². The lowest BCUT2D eigenvalue weighted by molar-refractivity contribution is -0.118. The molecule has 2 amide bonds. The molecule has 0 aromatic heterocycles. The van der Waals surface area contributed by atoms with Crippen LogP contribution in [-0.4, -0.2) is 26.8 Å². The molecule has 0 aliphatic carbocycles. The number of sulfonamides is 1. The third kappa shape index (κ3) is 7.03. The number of hydrogen-bond acceptors (Lipinski definition) is 5. The number of anilines is 4. The molecule has 4 aromatic rings. The SMILES string of the molecule is CCCN(C(=O)Cc1ccccc1N)c1cccc(C(=O)Nc2ccc(S(=O)(=O)Nc3ccccc3)cc2)c1. The molecular formula is C30H30N4O4S. The Bertz CT molecular complexity index is 1560. The number of nitrogen functional groups attached to an aromatic ring is 1. The van der Waals surface area contributed by atoms with Crippen molar-refractivity contribution in [2.24, 2.45) is 0 Å². The van der Waals surface area contributed by atoms with Gasteiger partial charge < -0.3 is 16.0 Å². The van der Waals surface area contributed by atoms with Crippen LogP contribution in [0.15, 0.2) is 108 Å². The van der Waals surface area contributed by atoms with Crippen molar-refractivity contribution in [1.82, 2.24) is 0 Å². The number of nitrogens with zero attached hydrogens (tertiary/aromatic N) is 1. The molecule has 0 radical (unpaired) electrons. The number of carbonyl (C=O) groups excluding carboxylic acids is 2. The van der Waals surface area contributed by atoms with Crippen LogP contribution in [0, 0.1) is 0 Å². The average molecular weight is 543 g/mol. The Kier molecular flexibility index (Phi) is 8.63. The molecule has 9 heteroatoms. The van der Waals surface area contributed by atoms with Gasteiger partial charge in [0.2, 0.25) is 5.91 Å². The Morgan fingerprint density at radius 1 is 0.821 bits per heavy atom. The summed E-state index contributed by atoms with van der Waals surface area (Å²) in [6.07, 6.45) is 0.887. The minimum Gasteiger partial charge on any atom is -0.398 e. The third-order valence-electron chi connectivity index (χ3n) is 6.01. The zero-order valence-corrected chi connectivity index (χ0v) is 22.3. The molecule has 0 bridgehead atoms. The zero-order chi connectivity index (χ0) is 27.8. The lowest BCUT2D eigenvalue weighted by Gasteiger charge is -2.23. The van der Waals surface area contributed by atoms with E-state index in [2.05, 4.69) is 10.0 Å². The van der Waals surface area contributed by atoms with E-state index in [4.69, 9.17) is 5.73 Å². The molecule has 0 saturated carbocycles. The van der Waals surface area contributed by atoms with Crippen LogP contribution in [0.4, 0.5) is 22.7 Å². The molecule has 39 heavy (non-hydrogen) atoms. The van der Waals surface area contributed by atoms with Crippen LogP contribution in [0.25, 0.3) is 0 Å². The normalized spacial score (nSPS) is 11.0. The predicted octanol–water partition coefficient (Wildman–Crippen LogP) is 5.31. The molecule has 4 aromatic carbocycles. The van der Waals surface area contributed by atoms with E-state index < -0.39 is 10.0 Å². The molecule has 8 nitrogen and oxygen atoms in total. The highest BCUT2D eigenvalue weighted by Crippen LogP contribution is 2.22. The van der Waals surface area contributed by atoms with Crippen molar-refractivity contribution in [2.75, 3.05) is 27.2 Å². The van der Waals surface area contributed by atoms with Crippen LogP contribution in [-0.2, 0) is 21.2 Å². The van der Waals surface area contributed by atoms with Gasteiger partial charge >= 0.3 is 0 Å². The highest BCUT2D eigenvalue weighted by molar-refractivity contribution is 7.92. The van der Waals surface area contributed by atoms with E-state index in [9.17, 15) is 18.0 Å². The minimum absolute atomic E-state index is 0.0686. The molecule has 4 rings (SSSR count). The first-order valence-corrected chi connectivity index (χ1v) is 14.0. The highest BCUT2D eigenvalue weighted by Gasteiger charge is 2.19. The van der Waals surface area contributed by atoms with Gasteiger partial charge in [0.25, 0.3) is 15.9 Å². The maximum Gasteiger partial charge on any atom is 0.261 e. The molecule has 0 unspecified atom stereocenters. The fourth-order valence-electron chi connectivity index (χ4n) is 4.03. The predicted molar refractivity (Wildman–Crippen MR) is 155 cm³/mol. The summed E-state index contributed by atoms with van der Waals surface area (Å²) in [6, 6.07) is 28.6. The number of nitrogens with one attached hydrogen (secondary N) is 2. The zero-order valence-electron chi connectivity index (χ0n) is 21.5. The second kappa shape index (κ2) is 12.3. The van der Waals surface area contributed by atoms with Crippen molar-refractivity contribution < 1.29 is 18.0 Å². The number of benzene rings is 4. The Balaban J connectivity index is 1.46. The number of rotatable bonds is 10. The molecule has 0 spiro atoms. The maximum atomic E-state index is 13.2. The van der Waals surface area contributed by atoms with Crippen LogP contribution < -0.4 is 20.7 Å². The van der Waals surface area contributed by atoms with Gasteiger partial charge in [-0.25, -0.2) is 8.42 Å². The summed E-state index contributed by atoms with van der Waals surface area (Å²) in [5.74, 6) is -0.501. The maximum absolute atomic E-state index is 13.2. The molecule has 0 atom stereocenters. The second-order valence-electron chi connectivity index (χ2n) is 8.92. The minimum atomic E-state index is -3.77. The van der Waals surface area contributed by atoms with Gasteiger partial charge in [-0.1, -0.05) is 49.4 Å². The summed E-state index contributed by atoms with van der Waals surface area (Å²) in [4.78, 5) is 27.9. The van der Waals surface area contributed by atoms with Crippen LogP contribution >= 0.6 is 0 Å². The molecule has 200 valence electrons. The van der Waals surface area contributed by atoms with Crippen LogP contribution in [0.2, 0.25) is 0 Å². The highest BCUT2D eigenvalue weighted by atomic mass is 32.2. The fraction of sp³-hybridized carbons (Fsp3) is 0.133. The molecular weight excluding hydrogens is 512 g/mol. The fourth-order valence-corrected chi connectivity index (χ4v) is 5.09. The largest absolute Gasteiger partial charge is 0.398 e. The number of hydrogen-bond donors (Lipinski definition) is 3. The lowest BCUT2D eigenvalue weighted by Crippen LogP contribution is -2.33. The van der Waals surface area contributed by atoms with Gasteiger partial charge in [0.15, 0.2) is 0 Å². The monoisotopic (exact) mass is 542 g/mol. The average Bonchev–Trinajstić information content (AvgIpc) is 2.93. The quantitative estimate of drug-likeness (QED) is 0.235. The lowest BCUT2D eigenvalue weighted by atomic mass is 10.1. The first kappa shape index (κ1) is 27.4. The van der Waals surface area contributed by atoms with Gasteiger partial charge in [0.05, 0.1) is 11.3 Å². The topological polar surface area (TPSA) is 122 Å². The van der Waals surface area contributed by atoms with Crippen molar-refractivity contribution >= 4 is 44.6 Å². The third-order valence-corrected chi connectivity index (χ3v) is 7.41. The van der Waals surface area contributed by atoms with Crippen molar-refractivity contribution in [3.63, 3.8) is 0 Å². The van der Waals surface area contributed by atoms with Crippen LogP contribution in [0.3, 0.4) is 0 Å². The summed E-state index contributed by atoms with van der Waals surface area (Å²) >= 11 is 0. The summed E-state index contributed by atoms with van der Waals surface area (Å²) in [5, 5.41) is 2.79. The number of para-hydroxylation sites is 2. The molecule has 0 fully saturated rings. The van der Waals surface area contributed by atoms with E-state index in [-0.39, 0.29) is 23.1 Å². The summed E-state index contributed by atoms with van der Waals surface area (Å²) < 4.78 is 27.8. The molecule has 0 saturated heterocycles. The Hall–Kier alpha value is -4.63. The van der Waals surface area contributed by atoms with Crippen LogP contribution in [0.5, 0.6) is 0 Å². The Morgan fingerprint density at radius 2 is 1.51 bits per heavy atom. The van der Waals surface area contributed by atoms with Gasteiger partial charge in [0.1, 0.15) is 0 Å². The van der Waals surface area contributed by atoms with Crippen LogP contribution in [0.1, 0.15) is 29.3 Å². The van der Waals surface area contributed by atoms with E-state index in [0.29, 0.717) is 34.9 Å². The first-order chi connectivity index (χ1) is 18.8. The van der Waals surface area contributed by atoms with Gasteiger partial charge in [-0.2, -0.15) is 0 Å². The van der Waals surface area contributed by atoms with Crippen molar-refractivity contribution in [2.45, 2.75) is 24.7 Å². The van der Waals surface area contributed by atoms with Gasteiger partial charge in [0, 0.05) is 34.9 Å². The number of carbonyl (C=O) groups is 2. The van der Waals surface area contributed by atoms with E-state index in [0.717, 1.165) is 12.0 Å². The molecule has 0 heterocycles. The number of nitrogens with two attached hydrogens (primary N) is 1. The van der Waals surface area contributed by atoms with E-state index in [1.54, 1.807) is 65.6 Å². The van der Waals surface area contributed by atoms with Crippen molar-refractivity contribution in [3.8, 4) is 0 Å². The summed E-state index contributed by atoms with van der Waals surface area (Å²) in [7, 11) is -3.77. The Morgan fingerprint density at radius 3 is 2.21 bits per heavy atom. The van der Waals surface area contributed by atoms with Gasteiger partial charge in [-0.3, -0.25) is 14.3 Å². The summed E-state index contributed by atoms with van der Waals surface area (Å²) in [5.41, 5.74) is 9.20. The second-order valence-corrected chi connectivity index (χ2v) is 10.6. The van der Waals surface area contributed by atoms with Gasteiger partial charge in [-0.05, 0) is 72.6 Å². The van der Waals surface area contributed by atoms with E-state index in [1.165, 1.54) is 24.3 Å². The molecule has 4 N–H and O–H groups in total. The molecule has 0 aliphatic rings. The standard InChI is InChI=1S/C30H30N4O4S/c1-2-19-34(29(35)21-22-9-6-7-14-28(22)31)26-13-8-10-23(20-26)30(36)32-24-15-17-27(18-16-24)39(37,38)33-25-11-4-3-5-12-25/h3-18,20,33H,2,19,21,31H2,1H3,(H,32,36).